The van der Waals surface area contributed by atoms with Crippen molar-refractivity contribution in [3.8, 4) is 0 Å². The summed E-state index contributed by atoms with van der Waals surface area (Å²) in [4.78, 5) is 18.5. The van der Waals surface area contributed by atoms with E-state index in [1.54, 1.807) is 11.1 Å². The maximum atomic E-state index is 12.4. The van der Waals surface area contributed by atoms with Gasteiger partial charge in [0.25, 0.3) is 0 Å². The van der Waals surface area contributed by atoms with Gasteiger partial charge in [0.05, 0.1) is 6.54 Å². The Bertz CT molecular complexity index is 549. The quantitative estimate of drug-likeness (QED) is 0.838. The molecular weight excluding hydrogens is 236 g/mol. The lowest BCUT2D eigenvalue weighted by Crippen LogP contribution is -2.32. The van der Waals surface area contributed by atoms with Crippen LogP contribution in [0.15, 0.2) is 54.7 Å². The fourth-order valence-corrected chi connectivity index (χ4v) is 2.10. The van der Waals surface area contributed by atoms with E-state index in [4.69, 9.17) is 0 Å². The predicted octanol–water partition coefficient (Wildman–Crippen LogP) is 3.02. The molecule has 2 aromatic rings. The number of amides is 1. The number of aromatic nitrogens is 1. The molecule has 96 valence electrons. The van der Waals surface area contributed by atoms with Crippen LogP contribution in [-0.2, 0) is 11.3 Å². The molecule has 1 aliphatic carbocycles. The van der Waals surface area contributed by atoms with Gasteiger partial charge in [0.15, 0.2) is 0 Å². The van der Waals surface area contributed by atoms with Gasteiger partial charge in [-0.05, 0) is 30.5 Å². The van der Waals surface area contributed by atoms with Crippen molar-refractivity contribution >= 4 is 11.7 Å². The van der Waals surface area contributed by atoms with Crippen molar-refractivity contribution in [3.63, 3.8) is 0 Å². The summed E-state index contributed by atoms with van der Waals surface area (Å²) in [5.74, 6) is 1.14. The summed E-state index contributed by atoms with van der Waals surface area (Å²) >= 11 is 0. The highest BCUT2D eigenvalue weighted by Gasteiger charge is 2.34. The molecule has 1 heterocycles. The number of hydrogen-bond donors (Lipinski definition) is 0. The Hall–Kier alpha value is -2.16. The summed E-state index contributed by atoms with van der Waals surface area (Å²) in [6.07, 6.45) is 3.75. The van der Waals surface area contributed by atoms with Crippen LogP contribution in [0.4, 0.5) is 5.82 Å². The molecule has 3 heteroatoms. The van der Waals surface area contributed by atoms with E-state index in [2.05, 4.69) is 4.98 Å². The van der Waals surface area contributed by atoms with Crippen molar-refractivity contribution in [2.24, 2.45) is 5.92 Å². The van der Waals surface area contributed by atoms with Gasteiger partial charge in [-0.25, -0.2) is 4.98 Å². The van der Waals surface area contributed by atoms with Crippen molar-refractivity contribution in [3.05, 3.63) is 60.3 Å². The number of carbonyl (C=O) groups excluding carboxylic acids is 1. The van der Waals surface area contributed by atoms with Crippen molar-refractivity contribution in [2.75, 3.05) is 4.90 Å². The van der Waals surface area contributed by atoms with Crippen molar-refractivity contribution in [1.29, 1.82) is 0 Å². The number of carbonyl (C=O) groups is 1. The molecule has 1 aromatic heterocycles. The van der Waals surface area contributed by atoms with Gasteiger partial charge in [0.2, 0.25) is 5.91 Å². The van der Waals surface area contributed by atoms with E-state index in [9.17, 15) is 4.79 Å². The first kappa shape index (κ1) is 11.9. The van der Waals surface area contributed by atoms with Gasteiger partial charge in [-0.1, -0.05) is 36.4 Å². The molecule has 0 aliphatic heterocycles. The molecular formula is C16H16N2O. The Morgan fingerprint density at radius 3 is 2.47 bits per heavy atom. The monoisotopic (exact) mass is 252 g/mol. The van der Waals surface area contributed by atoms with Gasteiger partial charge in [0.1, 0.15) is 5.82 Å². The zero-order valence-electron chi connectivity index (χ0n) is 10.7. The fraction of sp³-hybridized carbons (Fsp3) is 0.250. The topological polar surface area (TPSA) is 33.2 Å². The van der Waals surface area contributed by atoms with Gasteiger partial charge < -0.3 is 0 Å². The van der Waals surface area contributed by atoms with Gasteiger partial charge in [-0.2, -0.15) is 0 Å². The van der Waals surface area contributed by atoms with E-state index in [1.807, 2.05) is 48.5 Å². The molecule has 3 rings (SSSR count). The van der Waals surface area contributed by atoms with E-state index >= 15 is 0 Å². The minimum atomic E-state index is 0.197. The molecule has 1 amide bonds. The lowest BCUT2D eigenvalue weighted by Gasteiger charge is -2.21. The second-order valence-electron chi connectivity index (χ2n) is 4.87. The third-order valence-electron chi connectivity index (χ3n) is 3.30. The smallest absolute Gasteiger partial charge is 0.231 e. The standard InChI is InChI=1S/C16H16N2O/c19-16(14-9-10-14)18(15-8-4-5-11-17-15)12-13-6-2-1-3-7-13/h1-8,11,14H,9-10,12H2. The highest BCUT2D eigenvalue weighted by Crippen LogP contribution is 2.32. The zero-order valence-corrected chi connectivity index (χ0v) is 10.7. The van der Waals surface area contributed by atoms with Crippen LogP contribution in [0.2, 0.25) is 0 Å². The molecule has 0 atom stereocenters. The Kier molecular flexibility index (Phi) is 3.27. The molecule has 19 heavy (non-hydrogen) atoms. The molecule has 0 N–H and O–H groups in total. The number of nitrogens with zero attached hydrogens (tertiary/aromatic N) is 2. The minimum absolute atomic E-state index is 0.197. The summed E-state index contributed by atoms with van der Waals surface area (Å²) in [6.45, 7) is 0.590. The predicted molar refractivity (Wildman–Crippen MR) is 74.6 cm³/mol. The first-order valence-electron chi connectivity index (χ1n) is 6.61. The lowest BCUT2D eigenvalue weighted by molar-refractivity contribution is -0.119. The fourth-order valence-electron chi connectivity index (χ4n) is 2.10. The van der Waals surface area contributed by atoms with Crippen molar-refractivity contribution in [2.45, 2.75) is 19.4 Å². The van der Waals surface area contributed by atoms with E-state index in [0.29, 0.717) is 6.54 Å². The molecule has 0 bridgehead atoms. The van der Waals surface area contributed by atoms with Crippen LogP contribution in [0.3, 0.4) is 0 Å². The molecule has 0 radical (unpaired) electrons. The normalized spacial score (nSPS) is 14.1. The number of hydrogen-bond acceptors (Lipinski definition) is 2. The second-order valence-corrected chi connectivity index (χ2v) is 4.87. The van der Waals surface area contributed by atoms with Gasteiger partial charge in [-0.15, -0.1) is 0 Å². The van der Waals surface area contributed by atoms with E-state index in [-0.39, 0.29) is 11.8 Å². The number of rotatable bonds is 4. The van der Waals surface area contributed by atoms with Crippen LogP contribution >= 0.6 is 0 Å². The molecule has 0 spiro atoms. The molecule has 0 unspecified atom stereocenters. The Labute approximate surface area is 112 Å². The molecule has 1 aliphatic rings. The molecule has 0 saturated heterocycles. The van der Waals surface area contributed by atoms with Crippen LogP contribution in [0.5, 0.6) is 0 Å². The first-order chi connectivity index (χ1) is 9.34. The SMILES string of the molecule is O=C(C1CC1)N(Cc1ccccc1)c1ccccn1. The number of pyridine rings is 1. The summed E-state index contributed by atoms with van der Waals surface area (Å²) < 4.78 is 0. The average molecular weight is 252 g/mol. The average Bonchev–Trinajstić information content (AvgIpc) is 3.31. The molecule has 1 aromatic carbocycles. The van der Waals surface area contributed by atoms with Crippen LogP contribution in [-0.4, -0.2) is 10.9 Å². The highest BCUT2D eigenvalue weighted by molar-refractivity contribution is 5.95. The van der Waals surface area contributed by atoms with Gasteiger partial charge >= 0.3 is 0 Å². The van der Waals surface area contributed by atoms with Crippen LogP contribution in [0.1, 0.15) is 18.4 Å². The second kappa shape index (κ2) is 5.22. The van der Waals surface area contributed by atoms with E-state index in [1.165, 1.54) is 0 Å². The van der Waals surface area contributed by atoms with Crippen molar-refractivity contribution < 1.29 is 4.79 Å². The maximum absolute atomic E-state index is 12.4. The van der Waals surface area contributed by atoms with Gasteiger partial charge in [-0.3, -0.25) is 9.69 Å². The number of benzene rings is 1. The lowest BCUT2D eigenvalue weighted by atomic mass is 10.2. The van der Waals surface area contributed by atoms with E-state index in [0.717, 1.165) is 24.2 Å². The highest BCUT2D eigenvalue weighted by atomic mass is 16.2. The third-order valence-corrected chi connectivity index (χ3v) is 3.30. The summed E-state index contributed by atoms with van der Waals surface area (Å²) in [7, 11) is 0. The summed E-state index contributed by atoms with van der Waals surface area (Å²) in [5.41, 5.74) is 1.13. The Morgan fingerprint density at radius 2 is 1.84 bits per heavy atom. The summed E-state index contributed by atoms with van der Waals surface area (Å²) in [5, 5.41) is 0. The largest absolute Gasteiger partial charge is 0.292 e. The molecule has 3 nitrogen and oxygen atoms in total. The number of anilines is 1. The Morgan fingerprint density at radius 1 is 1.11 bits per heavy atom. The molecule has 1 fully saturated rings. The summed E-state index contributed by atoms with van der Waals surface area (Å²) in [6, 6.07) is 15.7. The first-order valence-corrected chi connectivity index (χ1v) is 6.61. The zero-order chi connectivity index (χ0) is 13.1. The van der Waals surface area contributed by atoms with Gasteiger partial charge in [0, 0.05) is 12.1 Å². The van der Waals surface area contributed by atoms with Crippen LogP contribution < -0.4 is 4.90 Å². The third kappa shape index (κ3) is 2.81. The van der Waals surface area contributed by atoms with Crippen LogP contribution in [0, 0.1) is 5.92 Å². The minimum Gasteiger partial charge on any atom is -0.292 e. The maximum Gasteiger partial charge on any atom is 0.231 e. The van der Waals surface area contributed by atoms with Crippen LogP contribution in [0.25, 0.3) is 0 Å². The van der Waals surface area contributed by atoms with E-state index < -0.39 is 0 Å². The molecule has 1 saturated carbocycles. The van der Waals surface area contributed by atoms with Crippen molar-refractivity contribution in [1.82, 2.24) is 4.98 Å². The Balaban J connectivity index is 1.86.